The molecule has 0 radical (unpaired) electrons. The van der Waals surface area contributed by atoms with Gasteiger partial charge < -0.3 is 5.11 Å². The molecule has 57 heavy (non-hydrogen) atoms. The van der Waals surface area contributed by atoms with Crippen LogP contribution in [0, 0.1) is 29.5 Å². The Bertz CT molecular complexity index is 2370. The van der Waals surface area contributed by atoms with Gasteiger partial charge in [0.05, 0.1) is 45.7 Å². The Labute approximate surface area is 328 Å². The Morgan fingerprint density at radius 3 is 1.96 bits per heavy atom. The SMILES string of the molecule is O=C1[C@@H]2C[C@@H]3C(=CC[C@@H]4C(=O)N(c5cc(C(F)(F)F)cc(C(F)(F)F)c5)C(=O)[C@@H]43)[C@H](c3cc(Cl)ccc3O)[C@]2(c2ccc(Cl)cc2)C(=O)N1Nc1ccc(F)cc1. The van der Waals surface area contributed by atoms with E-state index in [0.29, 0.717) is 22.6 Å². The molecule has 17 heteroatoms. The first-order valence-electron chi connectivity index (χ1n) is 17.3. The zero-order valence-corrected chi connectivity index (χ0v) is 30.3. The molecule has 2 heterocycles. The van der Waals surface area contributed by atoms with Crippen molar-refractivity contribution in [3.63, 3.8) is 0 Å². The van der Waals surface area contributed by atoms with Crippen LogP contribution in [0.3, 0.4) is 0 Å². The molecule has 0 bridgehead atoms. The van der Waals surface area contributed by atoms with E-state index >= 15 is 4.79 Å². The summed E-state index contributed by atoms with van der Waals surface area (Å²) in [5, 5.41) is 12.6. The number of hydrogen-bond acceptors (Lipinski definition) is 6. The lowest BCUT2D eigenvalue weighted by molar-refractivity contribution is -0.143. The molecule has 4 aromatic carbocycles. The first-order chi connectivity index (χ1) is 26.8. The van der Waals surface area contributed by atoms with Gasteiger partial charge in [0.25, 0.3) is 11.8 Å². The third kappa shape index (κ3) is 6.04. The van der Waals surface area contributed by atoms with Crippen molar-refractivity contribution >= 4 is 58.2 Å². The number of carbonyl (C=O) groups excluding carboxylic acids is 4. The molecule has 6 atom stereocenters. The van der Waals surface area contributed by atoms with Crippen LogP contribution in [-0.4, -0.2) is 33.7 Å². The number of nitrogens with zero attached hydrogens (tertiary/aromatic N) is 2. The standard InChI is InChI=1S/C40H26Cl2F7N3O5/c41-21-3-1-18(2-4-21)38-30(35(55)52(37(38)57)50-24-8-6-23(43)7-9-24)17-28-26(33(38)29-16-22(42)5-12-31(29)53)10-11-27-32(28)36(56)51(34(27)54)25-14-19(39(44,45)46)13-20(15-25)40(47,48)49/h1-10,12-16,27-28,30,32-33,50,53H,11,17H2/t27-,28+,30-,32-,33+,38+/m0/s1. The van der Waals surface area contributed by atoms with Crippen LogP contribution in [0.15, 0.2) is 96.6 Å². The third-order valence-electron chi connectivity index (χ3n) is 11.4. The topological polar surface area (TPSA) is 107 Å². The quantitative estimate of drug-likeness (QED) is 0.118. The Morgan fingerprint density at radius 1 is 0.737 bits per heavy atom. The summed E-state index contributed by atoms with van der Waals surface area (Å²) >= 11 is 12.7. The second kappa shape index (κ2) is 13.3. The van der Waals surface area contributed by atoms with E-state index < -0.39 is 93.6 Å². The predicted octanol–water partition coefficient (Wildman–Crippen LogP) is 9.07. The molecule has 0 unspecified atom stereocenters. The van der Waals surface area contributed by atoms with E-state index in [1.54, 1.807) is 6.08 Å². The molecule has 294 valence electrons. The van der Waals surface area contributed by atoms with E-state index in [-0.39, 0.29) is 51.5 Å². The molecule has 0 aromatic heterocycles. The molecule has 4 aromatic rings. The molecule has 1 saturated carbocycles. The summed E-state index contributed by atoms with van der Waals surface area (Å²) in [5.41, 5.74) is -2.75. The van der Waals surface area contributed by atoms with Crippen molar-refractivity contribution < 1.29 is 55.0 Å². The summed E-state index contributed by atoms with van der Waals surface area (Å²) in [6.45, 7) is 0. The number of allylic oxidation sites excluding steroid dienone is 2. The van der Waals surface area contributed by atoms with Gasteiger partial charge in [0.2, 0.25) is 11.8 Å². The first kappa shape index (κ1) is 38.5. The van der Waals surface area contributed by atoms with Gasteiger partial charge >= 0.3 is 12.4 Å². The lowest BCUT2D eigenvalue weighted by Crippen LogP contribution is -2.53. The Morgan fingerprint density at radius 2 is 1.35 bits per heavy atom. The number of hydrogen-bond donors (Lipinski definition) is 2. The third-order valence-corrected chi connectivity index (χ3v) is 11.9. The number of amides is 4. The maximum Gasteiger partial charge on any atom is 0.416 e. The molecular weight excluding hydrogens is 806 g/mol. The largest absolute Gasteiger partial charge is 0.508 e. The van der Waals surface area contributed by atoms with E-state index in [1.165, 1.54) is 54.6 Å². The van der Waals surface area contributed by atoms with Gasteiger partial charge in [-0.05, 0) is 97.1 Å². The second-order valence-corrected chi connectivity index (χ2v) is 15.2. The van der Waals surface area contributed by atoms with Gasteiger partial charge in [-0.2, -0.15) is 31.4 Å². The van der Waals surface area contributed by atoms with Crippen LogP contribution in [0.4, 0.5) is 42.1 Å². The van der Waals surface area contributed by atoms with E-state index in [9.17, 15) is 50.2 Å². The number of halogens is 9. The number of nitrogens with one attached hydrogen (secondary N) is 1. The summed E-state index contributed by atoms with van der Waals surface area (Å²) in [6.07, 6.45) is -9.51. The fourth-order valence-electron chi connectivity index (χ4n) is 9.08. The van der Waals surface area contributed by atoms with Crippen molar-refractivity contribution in [3.05, 3.63) is 135 Å². The number of carbonyl (C=O) groups is 4. The van der Waals surface area contributed by atoms with Gasteiger partial charge in [0, 0.05) is 21.5 Å². The lowest BCUT2D eigenvalue weighted by atomic mass is 9.49. The van der Waals surface area contributed by atoms with Crippen LogP contribution in [0.1, 0.15) is 41.0 Å². The van der Waals surface area contributed by atoms with Gasteiger partial charge in [0.15, 0.2) is 0 Å². The molecule has 4 aliphatic rings. The number of benzene rings is 4. The fraction of sp³-hybridized carbons (Fsp3) is 0.250. The maximum atomic E-state index is 15.2. The minimum atomic E-state index is -5.27. The van der Waals surface area contributed by atoms with E-state index in [1.807, 2.05) is 0 Å². The van der Waals surface area contributed by atoms with Crippen LogP contribution in [-0.2, 0) is 36.9 Å². The number of phenolic OH excluding ortho intramolecular Hbond substituents is 1. The molecule has 3 fully saturated rings. The number of imide groups is 2. The van der Waals surface area contributed by atoms with Gasteiger partial charge in [-0.25, -0.2) is 9.29 Å². The smallest absolute Gasteiger partial charge is 0.416 e. The summed E-state index contributed by atoms with van der Waals surface area (Å²) in [7, 11) is 0. The van der Waals surface area contributed by atoms with Gasteiger partial charge in [-0.1, -0.05) is 47.0 Å². The van der Waals surface area contributed by atoms with Crippen LogP contribution < -0.4 is 10.3 Å². The van der Waals surface area contributed by atoms with E-state index in [2.05, 4.69) is 5.43 Å². The molecule has 2 aliphatic carbocycles. The number of fused-ring (bicyclic) bond motifs is 4. The predicted molar refractivity (Wildman–Crippen MR) is 191 cm³/mol. The van der Waals surface area contributed by atoms with Gasteiger partial charge in [-0.15, -0.1) is 0 Å². The highest BCUT2D eigenvalue weighted by Gasteiger charge is 2.70. The fourth-order valence-corrected chi connectivity index (χ4v) is 9.38. The number of rotatable bonds is 5. The molecule has 8 nitrogen and oxygen atoms in total. The molecule has 4 amide bonds. The Kier molecular flexibility index (Phi) is 9.00. The molecular formula is C40H26Cl2F7N3O5. The van der Waals surface area contributed by atoms with Crippen LogP contribution >= 0.6 is 23.2 Å². The Hall–Kier alpha value is -5.41. The van der Waals surface area contributed by atoms with Crippen molar-refractivity contribution in [2.45, 2.75) is 36.5 Å². The zero-order valence-electron chi connectivity index (χ0n) is 28.8. The van der Waals surface area contributed by atoms with Crippen LogP contribution in [0.5, 0.6) is 5.75 Å². The highest BCUT2D eigenvalue weighted by Crippen LogP contribution is 2.65. The lowest BCUT2D eigenvalue weighted by Gasteiger charge is -2.50. The Balaban J connectivity index is 1.31. The highest BCUT2D eigenvalue weighted by atomic mass is 35.5. The van der Waals surface area contributed by atoms with Crippen molar-refractivity contribution in [2.75, 3.05) is 10.3 Å². The summed E-state index contributed by atoms with van der Waals surface area (Å²) in [5.74, 6) is -11.2. The van der Waals surface area contributed by atoms with Crippen LogP contribution in [0.25, 0.3) is 0 Å². The number of phenols is 1. The summed E-state index contributed by atoms with van der Waals surface area (Å²) in [6, 6.07) is 15.3. The van der Waals surface area contributed by atoms with E-state index in [4.69, 9.17) is 23.2 Å². The van der Waals surface area contributed by atoms with Gasteiger partial charge in [-0.3, -0.25) is 24.6 Å². The monoisotopic (exact) mass is 831 g/mol. The van der Waals surface area contributed by atoms with Crippen molar-refractivity contribution in [2.24, 2.45) is 23.7 Å². The molecule has 8 rings (SSSR count). The number of hydrazine groups is 1. The normalized spacial score (nSPS) is 26.0. The first-order valence-corrected chi connectivity index (χ1v) is 18.1. The van der Waals surface area contributed by atoms with Crippen molar-refractivity contribution in [1.29, 1.82) is 0 Å². The number of anilines is 2. The van der Waals surface area contributed by atoms with Gasteiger partial charge in [0.1, 0.15) is 11.6 Å². The minimum Gasteiger partial charge on any atom is -0.508 e. The second-order valence-electron chi connectivity index (χ2n) is 14.4. The van der Waals surface area contributed by atoms with Crippen molar-refractivity contribution in [1.82, 2.24) is 5.01 Å². The molecule has 0 spiro atoms. The highest BCUT2D eigenvalue weighted by molar-refractivity contribution is 6.31. The number of alkyl halides is 6. The minimum absolute atomic E-state index is 0.0583. The van der Waals surface area contributed by atoms with Crippen molar-refractivity contribution in [3.8, 4) is 5.75 Å². The zero-order chi connectivity index (χ0) is 40.9. The van der Waals surface area contributed by atoms with E-state index in [0.717, 1.165) is 17.1 Å². The summed E-state index contributed by atoms with van der Waals surface area (Å²) in [4.78, 5) is 58.7. The average molecular weight is 833 g/mol. The average Bonchev–Trinajstić information content (AvgIpc) is 3.53. The molecule has 2 N–H and O–H groups in total. The molecule has 2 saturated heterocycles. The maximum absolute atomic E-state index is 15.2. The molecule has 2 aliphatic heterocycles. The summed E-state index contributed by atoms with van der Waals surface area (Å²) < 4.78 is 97.2. The number of aromatic hydroxyl groups is 1. The van der Waals surface area contributed by atoms with Crippen LogP contribution in [0.2, 0.25) is 10.0 Å².